The first kappa shape index (κ1) is 28.1. The van der Waals surface area contributed by atoms with Gasteiger partial charge in [-0.2, -0.15) is 20.4 Å². The summed E-state index contributed by atoms with van der Waals surface area (Å²) in [6.07, 6.45) is 3.98. The molecule has 0 N–H and O–H groups in total. The van der Waals surface area contributed by atoms with Gasteiger partial charge in [0.25, 0.3) is 0 Å². The summed E-state index contributed by atoms with van der Waals surface area (Å²) in [4.78, 5) is 25.2. The van der Waals surface area contributed by atoms with Crippen LogP contribution >= 0.6 is 0 Å². The summed E-state index contributed by atoms with van der Waals surface area (Å²) in [5.41, 5.74) is 4.98. The molecule has 0 radical (unpaired) electrons. The van der Waals surface area contributed by atoms with Crippen molar-refractivity contribution in [2.45, 2.75) is 56.8 Å². The van der Waals surface area contributed by atoms with Crippen LogP contribution in [0.1, 0.15) is 65.0 Å². The van der Waals surface area contributed by atoms with Gasteiger partial charge in [-0.1, -0.05) is 36.4 Å². The minimum atomic E-state index is 0.0704. The molecule has 2 heterocycles. The van der Waals surface area contributed by atoms with Gasteiger partial charge in [0, 0.05) is 35.8 Å². The lowest BCUT2D eigenvalue weighted by molar-refractivity contribution is -0.118. The molecule has 2 aromatic carbocycles. The Hall–Kier alpha value is -4.46. The van der Waals surface area contributed by atoms with E-state index in [1.54, 1.807) is 14.2 Å². The van der Waals surface area contributed by atoms with E-state index in [1.807, 2.05) is 72.8 Å². The van der Waals surface area contributed by atoms with E-state index in [0.29, 0.717) is 24.2 Å². The number of ketones is 2. The van der Waals surface area contributed by atoms with E-state index in [4.69, 9.17) is 9.47 Å². The lowest BCUT2D eigenvalue weighted by Crippen LogP contribution is -2.11. The number of para-hydroxylation sites is 2. The van der Waals surface area contributed by atoms with Crippen LogP contribution < -0.4 is 9.47 Å². The van der Waals surface area contributed by atoms with Crippen LogP contribution in [0.25, 0.3) is 0 Å². The summed E-state index contributed by atoms with van der Waals surface area (Å²) in [6.45, 7) is 0. The SMILES string of the molecule is COc1ccccc1CC(=O)Cc1ccc([C@@H]2CC[C@@H](c3ccc(CC(=O)Cc4ccccc4OC)nn3)C2)nn1. The van der Waals surface area contributed by atoms with Crippen LogP contribution in [0.3, 0.4) is 0 Å². The highest BCUT2D eigenvalue weighted by atomic mass is 16.5. The third-order valence-electron chi connectivity index (χ3n) is 7.67. The molecule has 0 bridgehead atoms. The second-order valence-electron chi connectivity index (χ2n) is 10.5. The maximum absolute atomic E-state index is 12.6. The molecule has 2 aromatic heterocycles. The molecule has 0 saturated heterocycles. The third kappa shape index (κ3) is 7.20. The van der Waals surface area contributed by atoms with Gasteiger partial charge < -0.3 is 9.47 Å². The van der Waals surface area contributed by atoms with Crippen LogP contribution in [0, 0.1) is 0 Å². The first-order chi connectivity index (χ1) is 20.0. The van der Waals surface area contributed by atoms with Crippen molar-refractivity contribution in [2.24, 2.45) is 0 Å². The van der Waals surface area contributed by atoms with Crippen LogP contribution in [0.15, 0.2) is 72.8 Å². The van der Waals surface area contributed by atoms with Crippen LogP contribution in [0.5, 0.6) is 11.5 Å². The van der Waals surface area contributed by atoms with Gasteiger partial charge in [-0.3, -0.25) is 9.59 Å². The molecule has 1 fully saturated rings. The van der Waals surface area contributed by atoms with Gasteiger partial charge in [0.2, 0.25) is 0 Å². The number of carbonyl (C=O) groups excluding carboxylic acids is 2. The summed E-state index contributed by atoms with van der Waals surface area (Å²) in [7, 11) is 3.22. The smallest absolute Gasteiger partial charge is 0.143 e. The Bertz CT molecular complexity index is 1380. The normalized spacial score (nSPS) is 16.3. The molecule has 8 nitrogen and oxygen atoms in total. The van der Waals surface area contributed by atoms with Crippen molar-refractivity contribution in [2.75, 3.05) is 14.2 Å². The molecule has 41 heavy (non-hydrogen) atoms. The minimum Gasteiger partial charge on any atom is -0.496 e. The first-order valence-corrected chi connectivity index (χ1v) is 13.9. The van der Waals surface area contributed by atoms with E-state index >= 15 is 0 Å². The van der Waals surface area contributed by atoms with E-state index < -0.39 is 0 Å². The fourth-order valence-electron chi connectivity index (χ4n) is 5.54. The third-order valence-corrected chi connectivity index (χ3v) is 7.67. The summed E-state index contributed by atoms with van der Waals surface area (Å²) in [5.74, 6) is 2.15. The number of rotatable bonds is 12. The summed E-state index contributed by atoms with van der Waals surface area (Å²) in [6, 6.07) is 22.9. The molecule has 0 aliphatic heterocycles. The van der Waals surface area contributed by atoms with Crippen molar-refractivity contribution in [1.29, 1.82) is 0 Å². The number of Topliss-reactive ketones (excluding diaryl/α,β-unsaturated/α-hetero) is 2. The van der Waals surface area contributed by atoms with Crippen molar-refractivity contribution in [3.63, 3.8) is 0 Å². The topological polar surface area (TPSA) is 104 Å². The van der Waals surface area contributed by atoms with Gasteiger partial charge in [-0.25, -0.2) is 0 Å². The van der Waals surface area contributed by atoms with E-state index in [1.165, 1.54) is 0 Å². The Morgan fingerprint density at radius 3 is 1.44 bits per heavy atom. The van der Waals surface area contributed by atoms with E-state index in [2.05, 4.69) is 20.4 Å². The number of hydrogen-bond donors (Lipinski definition) is 0. The Balaban J connectivity index is 1.12. The highest BCUT2D eigenvalue weighted by molar-refractivity contribution is 5.83. The van der Waals surface area contributed by atoms with Crippen LogP contribution in [0.2, 0.25) is 0 Å². The summed E-state index contributed by atoms with van der Waals surface area (Å²) in [5, 5.41) is 17.6. The molecule has 4 aromatic rings. The van der Waals surface area contributed by atoms with Gasteiger partial charge in [-0.15, -0.1) is 0 Å². The van der Waals surface area contributed by atoms with E-state index in [9.17, 15) is 9.59 Å². The molecule has 8 heteroatoms. The molecule has 2 atom stereocenters. The number of hydrogen-bond acceptors (Lipinski definition) is 8. The van der Waals surface area contributed by atoms with Gasteiger partial charge in [-0.05, 0) is 55.7 Å². The van der Waals surface area contributed by atoms with Gasteiger partial charge in [0.15, 0.2) is 0 Å². The Labute approximate surface area is 240 Å². The van der Waals surface area contributed by atoms with Gasteiger partial charge in [0.1, 0.15) is 23.1 Å². The zero-order chi connectivity index (χ0) is 28.6. The minimum absolute atomic E-state index is 0.0704. The highest BCUT2D eigenvalue weighted by Crippen LogP contribution is 2.42. The lowest BCUT2D eigenvalue weighted by Gasteiger charge is -2.11. The van der Waals surface area contributed by atoms with Crippen molar-refractivity contribution >= 4 is 11.6 Å². The maximum atomic E-state index is 12.6. The molecular formula is C33H34N4O4. The molecule has 1 aliphatic carbocycles. The number of benzene rings is 2. The van der Waals surface area contributed by atoms with Crippen molar-refractivity contribution in [3.05, 3.63) is 107 Å². The predicted molar refractivity (Wildman–Crippen MR) is 154 cm³/mol. The van der Waals surface area contributed by atoms with E-state index in [-0.39, 0.29) is 36.2 Å². The number of carbonyl (C=O) groups is 2. The fraction of sp³-hybridized carbons (Fsp3) is 0.333. The molecule has 5 rings (SSSR count). The average molecular weight is 551 g/mol. The van der Waals surface area contributed by atoms with Gasteiger partial charge in [0.05, 0.1) is 49.8 Å². The number of nitrogens with zero attached hydrogens (tertiary/aromatic N) is 4. The second-order valence-corrected chi connectivity index (χ2v) is 10.5. The molecule has 1 aliphatic rings. The fourth-order valence-corrected chi connectivity index (χ4v) is 5.54. The Morgan fingerprint density at radius 2 is 1.05 bits per heavy atom. The van der Waals surface area contributed by atoms with Crippen LogP contribution in [0.4, 0.5) is 0 Å². The number of ether oxygens (including phenoxy) is 2. The zero-order valence-electron chi connectivity index (χ0n) is 23.5. The largest absolute Gasteiger partial charge is 0.496 e. The molecule has 0 amide bonds. The Morgan fingerprint density at radius 1 is 0.610 bits per heavy atom. The zero-order valence-corrected chi connectivity index (χ0v) is 23.5. The average Bonchev–Trinajstić information content (AvgIpc) is 3.49. The summed E-state index contributed by atoms with van der Waals surface area (Å²) >= 11 is 0. The number of methoxy groups -OCH3 is 2. The van der Waals surface area contributed by atoms with Crippen LogP contribution in [-0.4, -0.2) is 46.2 Å². The molecule has 0 unspecified atom stereocenters. The predicted octanol–water partition coefficient (Wildman–Crippen LogP) is 5.04. The molecule has 210 valence electrons. The lowest BCUT2D eigenvalue weighted by atomic mass is 9.98. The Kier molecular flexibility index (Phi) is 9.08. The monoisotopic (exact) mass is 550 g/mol. The summed E-state index contributed by atoms with van der Waals surface area (Å²) < 4.78 is 10.7. The molecule has 1 saturated carbocycles. The van der Waals surface area contributed by atoms with Gasteiger partial charge >= 0.3 is 0 Å². The van der Waals surface area contributed by atoms with Crippen molar-refractivity contribution < 1.29 is 19.1 Å². The van der Waals surface area contributed by atoms with E-state index in [0.717, 1.165) is 53.3 Å². The maximum Gasteiger partial charge on any atom is 0.143 e. The number of aromatic nitrogens is 4. The van der Waals surface area contributed by atoms with Crippen LogP contribution in [-0.2, 0) is 35.3 Å². The van der Waals surface area contributed by atoms with Crippen molar-refractivity contribution in [1.82, 2.24) is 20.4 Å². The second kappa shape index (κ2) is 13.3. The molecular weight excluding hydrogens is 516 g/mol. The first-order valence-electron chi connectivity index (χ1n) is 13.9. The van der Waals surface area contributed by atoms with Crippen molar-refractivity contribution in [3.8, 4) is 11.5 Å². The standard InChI is InChI=1S/C33H34N4O4/c1-40-32-9-5-3-7-24(32)18-28(38)20-26-13-15-30(36-34-26)22-11-12-23(17-22)31-16-14-27(35-37-31)21-29(39)19-25-8-4-6-10-33(25)41-2/h3-10,13-16,22-23H,11-12,17-21H2,1-2H3/t22-,23-/m1/s1. The molecule has 0 spiro atoms. The highest BCUT2D eigenvalue weighted by Gasteiger charge is 2.29. The quantitative estimate of drug-likeness (QED) is 0.242.